The maximum absolute atomic E-state index is 4.13. The Labute approximate surface area is 115 Å². The highest BCUT2D eigenvalue weighted by Gasteiger charge is 2.19. The molecule has 19 heavy (non-hydrogen) atoms. The van der Waals surface area contributed by atoms with Crippen LogP contribution in [0.25, 0.3) is 0 Å². The van der Waals surface area contributed by atoms with Crippen molar-refractivity contribution in [2.24, 2.45) is 0 Å². The number of nitrogens with one attached hydrogen (secondary N) is 1. The first kappa shape index (κ1) is 13.8. The Bertz CT molecular complexity index is 477. The highest BCUT2D eigenvalue weighted by Crippen LogP contribution is 2.21. The minimum atomic E-state index is 0.163. The standard InChI is InChI=1S/C17H22N2/c1-17(2,16-8-4-3-5-9-16)14-19-12-10-15-7-6-11-18-13-15/h3-9,11,13,19H,10,12,14H2,1-2H3. The van der Waals surface area contributed by atoms with Gasteiger partial charge in [-0.15, -0.1) is 0 Å². The molecule has 0 unspecified atom stereocenters. The van der Waals surface area contributed by atoms with Crippen LogP contribution >= 0.6 is 0 Å². The van der Waals surface area contributed by atoms with E-state index in [1.165, 1.54) is 11.1 Å². The molecule has 2 nitrogen and oxygen atoms in total. The van der Waals surface area contributed by atoms with Crippen molar-refractivity contribution in [1.29, 1.82) is 0 Å². The van der Waals surface area contributed by atoms with Gasteiger partial charge in [0.05, 0.1) is 0 Å². The fourth-order valence-electron chi connectivity index (χ4n) is 2.17. The molecule has 0 amide bonds. The maximum Gasteiger partial charge on any atom is 0.0300 e. The van der Waals surface area contributed by atoms with Crippen molar-refractivity contribution in [3.8, 4) is 0 Å². The summed E-state index contributed by atoms with van der Waals surface area (Å²) in [6.45, 7) is 6.53. The first-order valence-corrected chi connectivity index (χ1v) is 6.84. The predicted molar refractivity (Wildman–Crippen MR) is 80.3 cm³/mol. The summed E-state index contributed by atoms with van der Waals surface area (Å²) in [5.74, 6) is 0. The van der Waals surface area contributed by atoms with E-state index in [-0.39, 0.29) is 5.41 Å². The highest BCUT2D eigenvalue weighted by atomic mass is 14.9. The molecule has 0 saturated heterocycles. The van der Waals surface area contributed by atoms with E-state index in [1.54, 1.807) is 0 Å². The molecule has 100 valence electrons. The zero-order chi connectivity index (χ0) is 13.6. The maximum atomic E-state index is 4.13. The normalized spacial score (nSPS) is 11.5. The van der Waals surface area contributed by atoms with Gasteiger partial charge in [-0.25, -0.2) is 0 Å². The molecule has 0 aliphatic heterocycles. The number of aromatic nitrogens is 1. The Hall–Kier alpha value is -1.67. The van der Waals surface area contributed by atoms with Crippen LogP contribution in [0.2, 0.25) is 0 Å². The van der Waals surface area contributed by atoms with E-state index in [1.807, 2.05) is 18.5 Å². The van der Waals surface area contributed by atoms with Gasteiger partial charge in [0, 0.05) is 24.4 Å². The summed E-state index contributed by atoms with van der Waals surface area (Å²) < 4.78 is 0. The fourth-order valence-corrected chi connectivity index (χ4v) is 2.17. The second kappa shape index (κ2) is 6.48. The van der Waals surface area contributed by atoms with Crippen LogP contribution in [0.3, 0.4) is 0 Å². The van der Waals surface area contributed by atoms with Crippen molar-refractivity contribution in [2.75, 3.05) is 13.1 Å². The van der Waals surface area contributed by atoms with Crippen LogP contribution < -0.4 is 5.32 Å². The van der Waals surface area contributed by atoms with Gasteiger partial charge in [0.1, 0.15) is 0 Å². The summed E-state index contributed by atoms with van der Waals surface area (Å²) in [7, 11) is 0. The third-order valence-corrected chi connectivity index (χ3v) is 3.44. The largest absolute Gasteiger partial charge is 0.316 e. The molecule has 2 aromatic rings. The fraction of sp³-hybridized carbons (Fsp3) is 0.353. The average Bonchev–Trinajstić information content (AvgIpc) is 2.46. The highest BCUT2D eigenvalue weighted by molar-refractivity contribution is 5.23. The van der Waals surface area contributed by atoms with Crippen LogP contribution in [0.4, 0.5) is 0 Å². The smallest absolute Gasteiger partial charge is 0.0300 e. The molecular weight excluding hydrogens is 232 g/mol. The van der Waals surface area contributed by atoms with Crippen molar-refractivity contribution in [3.63, 3.8) is 0 Å². The first-order valence-electron chi connectivity index (χ1n) is 6.84. The van der Waals surface area contributed by atoms with E-state index in [4.69, 9.17) is 0 Å². The average molecular weight is 254 g/mol. The van der Waals surface area contributed by atoms with Gasteiger partial charge >= 0.3 is 0 Å². The van der Waals surface area contributed by atoms with Gasteiger partial charge in [-0.3, -0.25) is 4.98 Å². The molecule has 0 aliphatic rings. The molecule has 2 heteroatoms. The van der Waals surface area contributed by atoms with Gasteiger partial charge in [0.25, 0.3) is 0 Å². The van der Waals surface area contributed by atoms with Gasteiger partial charge in [0.15, 0.2) is 0 Å². The second-order valence-electron chi connectivity index (χ2n) is 5.54. The molecule has 0 atom stereocenters. The van der Waals surface area contributed by atoms with Gasteiger partial charge in [0.2, 0.25) is 0 Å². The molecular formula is C17H22N2. The topological polar surface area (TPSA) is 24.9 Å². The molecule has 0 saturated carbocycles. The van der Waals surface area contributed by atoms with Crippen molar-refractivity contribution in [1.82, 2.24) is 10.3 Å². The third kappa shape index (κ3) is 4.18. The lowest BCUT2D eigenvalue weighted by molar-refractivity contribution is 0.471. The number of benzene rings is 1. The summed E-state index contributed by atoms with van der Waals surface area (Å²) in [5, 5.41) is 3.54. The van der Waals surface area contributed by atoms with E-state index in [9.17, 15) is 0 Å². The summed E-state index contributed by atoms with van der Waals surface area (Å²) in [6, 6.07) is 14.8. The molecule has 1 N–H and O–H groups in total. The molecule has 0 fully saturated rings. The molecule has 1 heterocycles. The number of hydrogen-bond acceptors (Lipinski definition) is 2. The molecule has 0 spiro atoms. The molecule has 1 aromatic carbocycles. The second-order valence-corrected chi connectivity index (χ2v) is 5.54. The van der Waals surface area contributed by atoms with Gasteiger partial charge in [-0.05, 0) is 30.2 Å². The Morgan fingerprint density at radius 1 is 1.05 bits per heavy atom. The quantitative estimate of drug-likeness (QED) is 0.801. The molecule has 0 radical (unpaired) electrons. The van der Waals surface area contributed by atoms with Crippen LogP contribution in [-0.2, 0) is 11.8 Å². The van der Waals surface area contributed by atoms with Crippen LogP contribution in [-0.4, -0.2) is 18.1 Å². The van der Waals surface area contributed by atoms with Crippen molar-refractivity contribution in [3.05, 3.63) is 66.0 Å². The Morgan fingerprint density at radius 3 is 2.53 bits per heavy atom. The van der Waals surface area contributed by atoms with Crippen molar-refractivity contribution >= 4 is 0 Å². The molecule has 1 aromatic heterocycles. The molecule has 2 rings (SSSR count). The van der Waals surface area contributed by atoms with Crippen LogP contribution in [0.15, 0.2) is 54.9 Å². The molecule has 0 bridgehead atoms. The Kier molecular flexibility index (Phi) is 4.69. The SMILES string of the molecule is CC(C)(CNCCc1cccnc1)c1ccccc1. The van der Waals surface area contributed by atoms with Gasteiger partial charge in [-0.1, -0.05) is 50.2 Å². The number of nitrogens with zero attached hydrogens (tertiary/aromatic N) is 1. The lowest BCUT2D eigenvalue weighted by atomic mass is 9.84. The van der Waals surface area contributed by atoms with Crippen molar-refractivity contribution < 1.29 is 0 Å². The minimum absolute atomic E-state index is 0.163. The van der Waals surface area contributed by atoms with E-state index >= 15 is 0 Å². The van der Waals surface area contributed by atoms with E-state index in [0.29, 0.717) is 0 Å². The van der Waals surface area contributed by atoms with Gasteiger partial charge in [-0.2, -0.15) is 0 Å². The van der Waals surface area contributed by atoms with Crippen LogP contribution in [0, 0.1) is 0 Å². The summed E-state index contributed by atoms with van der Waals surface area (Å²) in [5.41, 5.74) is 2.83. The van der Waals surface area contributed by atoms with E-state index < -0.39 is 0 Å². The Balaban J connectivity index is 1.79. The lowest BCUT2D eigenvalue weighted by Crippen LogP contribution is -2.34. The van der Waals surface area contributed by atoms with Gasteiger partial charge < -0.3 is 5.32 Å². The predicted octanol–water partition coefficient (Wildman–Crippen LogP) is 3.19. The van der Waals surface area contributed by atoms with E-state index in [0.717, 1.165) is 19.5 Å². The summed E-state index contributed by atoms with van der Waals surface area (Å²) >= 11 is 0. The first-order chi connectivity index (χ1) is 9.18. The number of pyridine rings is 1. The van der Waals surface area contributed by atoms with Crippen LogP contribution in [0.5, 0.6) is 0 Å². The zero-order valence-corrected chi connectivity index (χ0v) is 11.8. The third-order valence-electron chi connectivity index (χ3n) is 3.44. The monoisotopic (exact) mass is 254 g/mol. The van der Waals surface area contributed by atoms with Crippen molar-refractivity contribution in [2.45, 2.75) is 25.7 Å². The summed E-state index contributed by atoms with van der Waals surface area (Å²) in [6.07, 6.45) is 4.78. The van der Waals surface area contributed by atoms with E-state index in [2.05, 4.69) is 60.5 Å². The lowest BCUT2D eigenvalue weighted by Gasteiger charge is -2.25. The zero-order valence-electron chi connectivity index (χ0n) is 11.8. The summed E-state index contributed by atoms with van der Waals surface area (Å²) in [4.78, 5) is 4.13. The molecule has 0 aliphatic carbocycles. The van der Waals surface area contributed by atoms with Crippen LogP contribution in [0.1, 0.15) is 25.0 Å². The minimum Gasteiger partial charge on any atom is -0.316 e. The number of hydrogen-bond donors (Lipinski definition) is 1. The number of rotatable bonds is 6. The Morgan fingerprint density at radius 2 is 1.84 bits per heavy atom.